The highest BCUT2D eigenvalue weighted by Gasteiger charge is 2.31. The minimum Gasteiger partial charge on any atom is -0.342 e. The van der Waals surface area contributed by atoms with Crippen molar-refractivity contribution in [3.63, 3.8) is 0 Å². The van der Waals surface area contributed by atoms with E-state index in [4.69, 9.17) is 5.73 Å². The molecule has 1 saturated heterocycles. The van der Waals surface area contributed by atoms with Gasteiger partial charge in [0.1, 0.15) is 0 Å². The summed E-state index contributed by atoms with van der Waals surface area (Å²) in [5.74, 6) is 1.37. The molecule has 1 unspecified atom stereocenters. The number of benzene rings is 1. The van der Waals surface area contributed by atoms with Crippen LogP contribution < -0.4 is 5.73 Å². The zero-order chi connectivity index (χ0) is 14.7. The number of rotatable bonds is 4. The predicted octanol–water partition coefficient (Wildman–Crippen LogP) is 2.60. The first kappa shape index (κ1) is 14.6. The fourth-order valence-corrected chi connectivity index (χ4v) is 3.85. The summed E-state index contributed by atoms with van der Waals surface area (Å²) >= 11 is 0. The number of nitrogens with zero attached hydrogens (tertiary/aromatic N) is 1. The lowest BCUT2D eigenvalue weighted by Gasteiger charge is -2.21. The smallest absolute Gasteiger partial charge is 0.222 e. The maximum Gasteiger partial charge on any atom is 0.222 e. The van der Waals surface area contributed by atoms with Crippen LogP contribution in [0.5, 0.6) is 0 Å². The van der Waals surface area contributed by atoms with Crippen LogP contribution in [0, 0.1) is 11.8 Å². The molecule has 1 aromatic rings. The van der Waals surface area contributed by atoms with Crippen molar-refractivity contribution in [2.24, 2.45) is 17.6 Å². The van der Waals surface area contributed by atoms with E-state index in [1.807, 2.05) is 0 Å². The fraction of sp³-hybridized carbons (Fsp3) is 0.611. The molecule has 1 aromatic carbocycles. The molecule has 3 nitrogen and oxygen atoms in total. The summed E-state index contributed by atoms with van der Waals surface area (Å²) in [6, 6.07) is 10.9. The first-order chi connectivity index (χ1) is 10.2. The standard InChI is InChI=1S/C18H26N2O/c19-17-8-4-7-16(17)12-18(21)20-10-9-15(13-20)11-14-5-2-1-3-6-14/h1-3,5-6,15-17H,4,7-13,19H2/t15?,16-,17+/m0/s1. The molecule has 2 N–H and O–H groups in total. The molecule has 0 spiro atoms. The fourth-order valence-electron chi connectivity index (χ4n) is 3.85. The molecule has 0 aromatic heterocycles. The van der Waals surface area contributed by atoms with Crippen LogP contribution >= 0.6 is 0 Å². The zero-order valence-electron chi connectivity index (χ0n) is 12.7. The Balaban J connectivity index is 1.48. The Kier molecular flexibility index (Phi) is 4.59. The Morgan fingerprint density at radius 3 is 2.71 bits per heavy atom. The van der Waals surface area contributed by atoms with Crippen LogP contribution in [0.4, 0.5) is 0 Å². The molecule has 3 heteroatoms. The first-order valence-electron chi connectivity index (χ1n) is 8.29. The summed E-state index contributed by atoms with van der Waals surface area (Å²) in [7, 11) is 0. The highest BCUT2D eigenvalue weighted by atomic mass is 16.2. The summed E-state index contributed by atoms with van der Waals surface area (Å²) in [5, 5.41) is 0. The second kappa shape index (κ2) is 6.61. The summed E-state index contributed by atoms with van der Waals surface area (Å²) in [5.41, 5.74) is 7.47. The Bertz CT molecular complexity index is 473. The van der Waals surface area contributed by atoms with Crippen molar-refractivity contribution in [1.82, 2.24) is 4.90 Å². The third-order valence-electron chi connectivity index (χ3n) is 5.16. The van der Waals surface area contributed by atoms with Gasteiger partial charge >= 0.3 is 0 Å². The lowest BCUT2D eigenvalue weighted by molar-refractivity contribution is -0.131. The average molecular weight is 286 g/mol. The third kappa shape index (κ3) is 3.65. The second-order valence-corrected chi connectivity index (χ2v) is 6.74. The molecular formula is C18H26N2O. The van der Waals surface area contributed by atoms with Crippen LogP contribution in [0.15, 0.2) is 30.3 Å². The van der Waals surface area contributed by atoms with Gasteiger partial charge in [-0.15, -0.1) is 0 Å². The van der Waals surface area contributed by atoms with Crippen molar-refractivity contribution in [3.05, 3.63) is 35.9 Å². The molecule has 3 rings (SSSR count). The van der Waals surface area contributed by atoms with Gasteiger partial charge in [-0.3, -0.25) is 4.79 Å². The van der Waals surface area contributed by atoms with E-state index >= 15 is 0 Å². The number of carbonyl (C=O) groups is 1. The van der Waals surface area contributed by atoms with Gasteiger partial charge in [0.25, 0.3) is 0 Å². The van der Waals surface area contributed by atoms with Gasteiger partial charge in [-0.05, 0) is 43.1 Å². The van der Waals surface area contributed by atoms with E-state index < -0.39 is 0 Å². The van der Waals surface area contributed by atoms with Crippen molar-refractivity contribution in [2.75, 3.05) is 13.1 Å². The monoisotopic (exact) mass is 286 g/mol. The number of hydrogen-bond acceptors (Lipinski definition) is 2. The van der Waals surface area contributed by atoms with Gasteiger partial charge in [-0.1, -0.05) is 36.8 Å². The lowest BCUT2D eigenvalue weighted by Crippen LogP contribution is -2.34. The van der Waals surface area contributed by atoms with E-state index in [-0.39, 0.29) is 6.04 Å². The highest BCUT2D eigenvalue weighted by molar-refractivity contribution is 5.76. The van der Waals surface area contributed by atoms with Crippen LogP contribution in [0.3, 0.4) is 0 Å². The molecule has 21 heavy (non-hydrogen) atoms. The van der Waals surface area contributed by atoms with Crippen LogP contribution in [-0.4, -0.2) is 29.9 Å². The molecule has 3 atom stereocenters. The van der Waals surface area contributed by atoms with Crippen LogP contribution in [-0.2, 0) is 11.2 Å². The van der Waals surface area contributed by atoms with Crippen LogP contribution in [0.2, 0.25) is 0 Å². The molecule has 0 bridgehead atoms. The lowest BCUT2D eigenvalue weighted by atomic mass is 9.98. The van der Waals surface area contributed by atoms with E-state index in [0.29, 0.717) is 24.2 Å². The molecule has 1 amide bonds. The molecule has 114 valence electrons. The molecule has 1 aliphatic heterocycles. The van der Waals surface area contributed by atoms with Gasteiger partial charge in [0.05, 0.1) is 0 Å². The normalized spacial score (nSPS) is 29.0. The largest absolute Gasteiger partial charge is 0.342 e. The SMILES string of the molecule is N[C@@H]1CCC[C@H]1CC(=O)N1CCC(Cc2ccccc2)C1. The quantitative estimate of drug-likeness (QED) is 0.924. The molecule has 1 heterocycles. The predicted molar refractivity (Wildman–Crippen MR) is 84.8 cm³/mol. The van der Waals surface area contributed by atoms with Gasteiger partial charge in [0, 0.05) is 25.6 Å². The Morgan fingerprint density at radius 2 is 2.00 bits per heavy atom. The number of hydrogen-bond donors (Lipinski definition) is 1. The van der Waals surface area contributed by atoms with Crippen molar-refractivity contribution in [2.45, 2.75) is 44.6 Å². The van der Waals surface area contributed by atoms with Gasteiger partial charge < -0.3 is 10.6 Å². The molecule has 2 fully saturated rings. The number of nitrogens with two attached hydrogens (primary N) is 1. The van der Waals surface area contributed by atoms with E-state index in [2.05, 4.69) is 35.2 Å². The Hall–Kier alpha value is -1.35. The van der Waals surface area contributed by atoms with Gasteiger partial charge in [0.15, 0.2) is 0 Å². The Labute approximate surface area is 127 Å². The third-order valence-corrected chi connectivity index (χ3v) is 5.16. The minimum atomic E-state index is 0.247. The van der Waals surface area contributed by atoms with E-state index in [1.54, 1.807) is 0 Å². The maximum atomic E-state index is 12.4. The average Bonchev–Trinajstić information content (AvgIpc) is 3.10. The number of amides is 1. The van der Waals surface area contributed by atoms with Gasteiger partial charge in [-0.2, -0.15) is 0 Å². The molecule has 2 aliphatic rings. The molecule has 1 aliphatic carbocycles. The number of carbonyl (C=O) groups excluding carboxylic acids is 1. The van der Waals surface area contributed by atoms with Crippen molar-refractivity contribution < 1.29 is 4.79 Å². The van der Waals surface area contributed by atoms with Crippen LogP contribution in [0.25, 0.3) is 0 Å². The first-order valence-corrected chi connectivity index (χ1v) is 8.29. The van der Waals surface area contributed by atoms with E-state index in [1.165, 1.54) is 12.0 Å². The van der Waals surface area contributed by atoms with Crippen molar-refractivity contribution in [1.29, 1.82) is 0 Å². The molecule has 1 saturated carbocycles. The van der Waals surface area contributed by atoms with E-state index in [0.717, 1.165) is 38.8 Å². The summed E-state index contributed by atoms with van der Waals surface area (Å²) in [4.78, 5) is 14.5. The maximum absolute atomic E-state index is 12.4. The zero-order valence-corrected chi connectivity index (χ0v) is 12.7. The van der Waals surface area contributed by atoms with E-state index in [9.17, 15) is 4.79 Å². The topological polar surface area (TPSA) is 46.3 Å². The van der Waals surface area contributed by atoms with Crippen molar-refractivity contribution in [3.8, 4) is 0 Å². The summed E-state index contributed by atoms with van der Waals surface area (Å²) < 4.78 is 0. The molecule has 0 radical (unpaired) electrons. The van der Waals surface area contributed by atoms with Gasteiger partial charge in [0.2, 0.25) is 5.91 Å². The molecular weight excluding hydrogens is 260 g/mol. The second-order valence-electron chi connectivity index (χ2n) is 6.74. The van der Waals surface area contributed by atoms with Crippen molar-refractivity contribution >= 4 is 5.91 Å². The highest BCUT2D eigenvalue weighted by Crippen LogP contribution is 2.29. The Morgan fingerprint density at radius 1 is 1.19 bits per heavy atom. The van der Waals surface area contributed by atoms with Gasteiger partial charge in [-0.25, -0.2) is 0 Å². The number of likely N-dealkylation sites (tertiary alicyclic amines) is 1. The summed E-state index contributed by atoms with van der Waals surface area (Å²) in [6.07, 6.45) is 6.31. The summed E-state index contributed by atoms with van der Waals surface area (Å²) in [6.45, 7) is 1.86. The minimum absolute atomic E-state index is 0.247. The van der Waals surface area contributed by atoms with Crippen LogP contribution in [0.1, 0.15) is 37.7 Å².